The molecule has 1 N–H and O–H groups in total. The molecule has 0 heterocycles. The number of hydrogen-bond acceptors (Lipinski definition) is 4. The fraction of sp³-hybridized carbons (Fsp3) is 0.300. The summed E-state index contributed by atoms with van der Waals surface area (Å²) in [5.41, 5.74) is -0.999. The van der Waals surface area contributed by atoms with Gasteiger partial charge in [0.2, 0.25) is 6.10 Å². The smallest absolute Gasteiger partial charge is 0.426 e. The molecule has 0 bridgehead atoms. The van der Waals surface area contributed by atoms with E-state index in [1.807, 2.05) is 0 Å². The lowest BCUT2D eigenvalue weighted by Crippen LogP contribution is -2.39. The first-order chi connectivity index (χ1) is 9.40. The molecule has 0 amide bonds. The Labute approximate surface area is 118 Å². The first kappa shape index (κ1) is 17.4. The van der Waals surface area contributed by atoms with E-state index in [4.69, 9.17) is 12.4 Å². The van der Waals surface area contributed by atoms with Gasteiger partial charge in [0, 0.05) is 0 Å². The van der Waals surface area contributed by atoms with E-state index in [9.17, 15) is 30.8 Å². The van der Waals surface area contributed by atoms with Crippen LogP contribution in [0.1, 0.15) is 10.4 Å². The number of hydrogen-bond donors (Lipinski definition) is 1. The second kappa shape index (κ2) is 6.02. The largest absolute Gasteiger partial charge is 0.448 e. The lowest BCUT2D eigenvalue weighted by atomic mass is 9.94. The van der Waals surface area contributed by atoms with Gasteiger partial charge in [-0.2, -0.15) is 21.6 Å². The Morgan fingerprint density at radius 3 is 2.43 bits per heavy atom. The molecule has 11 heteroatoms. The van der Waals surface area contributed by atoms with Crippen LogP contribution in [-0.4, -0.2) is 44.8 Å². The van der Waals surface area contributed by atoms with Crippen LogP contribution in [0.2, 0.25) is 0 Å². The minimum atomic E-state index is -5.26. The number of alkyl halides is 3. The van der Waals surface area contributed by atoms with Crippen LogP contribution in [0.5, 0.6) is 0 Å². The molecule has 1 aromatic carbocycles. The molecule has 0 fully saturated rings. The maximum atomic E-state index is 13.3. The van der Waals surface area contributed by atoms with Gasteiger partial charge in [0.15, 0.2) is 0 Å². The number of benzene rings is 1. The van der Waals surface area contributed by atoms with Crippen molar-refractivity contribution < 1.29 is 40.1 Å². The molecule has 0 saturated carbocycles. The van der Waals surface area contributed by atoms with Crippen molar-refractivity contribution in [2.45, 2.75) is 12.3 Å². The van der Waals surface area contributed by atoms with Crippen LogP contribution in [-0.2, 0) is 14.9 Å². The highest BCUT2D eigenvalue weighted by Crippen LogP contribution is 2.25. The third kappa shape index (κ3) is 5.35. The highest BCUT2D eigenvalue weighted by molar-refractivity contribution is 7.85. The highest BCUT2D eigenvalue weighted by atomic mass is 32.2. The first-order valence-corrected chi connectivity index (χ1v) is 6.79. The Morgan fingerprint density at radius 1 is 1.38 bits per heavy atom. The molecule has 1 rings (SSSR count). The van der Waals surface area contributed by atoms with Crippen molar-refractivity contribution in [1.29, 1.82) is 0 Å². The third-order valence-electron chi connectivity index (χ3n) is 2.19. The number of carbonyl (C=O) groups excluding carboxylic acids is 1. The second-order valence-corrected chi connectivity index (χ2v) is 5.42. The van der Waals surface area contributed by atoms with E-state index in [1.165, 1.54) is 0 Å². The minimum absolute atomic E-state index is 0.110. The van der Waals surface area contributed by atoms with Gasteiger partial charge in [-0.3, -0.25) is 4.55 Å². The highest BCUT2D eigenvalue weighted by Gasteiger charge is 2.45. The summed E-state index contributed by atoms with van der Waals surface area (Å²) in [4.78, 5) is 11.5. The molecule has 2 radical (unpaired) electrons. The molecule has 0 spiro atoms. The lowest BCUT2D eigenvalue weighted by molar-refractivity contribution is -0.197. The molecule has 0 saturated heterocycles. The van der Waals surface area contributed by atoms with Crippen molar-refractivity contribution in [1.82, 2.24) is 0 Å². The van der Waals surface area contributed by atoms with Crippen LogP contribution in [0.15, 0.2) is 18.2 Å². The van der Waals surface area contributed by atoms with Crippen LogP contribution in [0.25, 0.3) is 0 Å². The maximum Gasteiger partial charge on any atom is 0.426 e. The molecule has 0 aromatic heterocycles. The van der Waals surface area contributed by atoms with Gasteiger partial charge < -0.3 is 4.74 Å². The maximum absolute atomic E-state index is 13.3. The van der Waals surface area contributed by atoms with E-state index in [1.54, 1.807) is 0 Å². The monoisotopic (exact) mass is 326 g/mol. The van der Waals surface area contributed by atoms with Gasteiger partial charge >= 0.3 is 12.1 Å². The van der Waals surface area contributed by atoms with Gasteiger partial charge in [0.1, 0.15) is 19.4 Å². The molecule has 1 unspecified atom stereocenters. The SMILES string of the molecule is [B]c1ccc(F)c(C(=O)OC(CS(=O)(=O)O)C(F)(F)F)c1. The summed E-state index contributed by atoms with van der Waals surface area (Å²) in [6, 6.07) is 2.53. The van der Waals surface area contributed by atoms with Gasteiger partial charge in [-0.1, -0.05) is 17.6 Å². The molecule has 1 aromatic rings. The summed E-state index contributed by atoms with van der Waals surface area (Å²) in [7, 11) is 0.183. The number of esters is 1. The fourth-order valence-electron chi connectivity index (χ4n) is 1.28. The first-order valence-electron chi connectivity index (χ1n) is 5.18. The number of rotatable bonds is 4. The summed E-state index contributed by atoms with van der Waals surface area (Å²) in [5.74, 6) is -4.85. The van der Waals surface area contributed by atoms with E-state index < -0.39 is 45.5 Å². The van der Waals surface area contributed by atoms with E-state index >= 15 is 0 Å². The second-order valence-electron chi connectivity index (χ2n) is 3.92. The van der Waals surface area contributed by atoms with E-state index in [-0.39, 0.29) is 5.46 Å². The lowest BCUT2D eigenvalue weighted by Gasteiger charge is -2.19. The van der Waals surface area contributed by atoms with E-state index in [0.29, 0.717) is 0 Å². The van der Waals surface area contributed by atoms with Crippen LogP contribution < -0.4 is 5.46 Å². The van der Waals surface area contributed by atoms with Crippen LogP contribution in [0.3, 0.4) is 0 Å². The van der Waals surface area contributed by atoms with Crippen LogP contribution in [0.4, 0.5) is 17.6 Å². The zero-order valence-corrected chi connectivity index (χ0v) is 10.9. The zero-order valence-electron chi connectivity index (χ0n) is 10.1. The van der Waals surface area contributed by atoms with Crippen molar-refractivity contribution in [2.24, 2.45) is 0 Å². The Bertz CT molecular complexity index is 643. The van der Waals surface area contributed by atoms with Crippen molar-refractivity contribution in [3.63, 3.8) is 0 Å². The summed E-state index contributed by atoms with van der Waals surface area (Å²) in [6.45, 7) is 0. The Hall–Kier alpha value is -1.62. The average Bonchev–Trinajstić information content (AvgIpc) is 2.28. The molecule has 114 valence electrons. The number of carbonyl (C=O) groups is 1. The topological polar surface area (TPSA) is 80.7 Å². The van der Waals surface area contributed by atoms with Crippen molar-refractivity contribution >= 4 is 29.4 Å². The molecule has 5 nitrogen and oxygen atoms in total. The molecule has 21 heavy (non-hydrogen) atoms. The van der Waals surface area contributed by atoms with Gasteiger partial charge in [0.05, 0.1) is 5.56 Å². The molecular weight excluding hydrogens is 319 g/mol. The van der Waals surface area contributed by atoms with E-state index in [2.05, 4.69) is 4.74 Å². The summed E-state index contributed by atoms with van der Waals surface area (Å²) >= 11 is 0. The van der Waals surface area contributed by atoms with Crippen LogP contribution in [0, 0.1) is 5.82 Å². The summed E-state index contributed by atoms with van der Waals surface area (Å²) in [6.07, 6.45) is -8.40. The summed E-state index contributed by atoms with van der Waals surface area (Å²) in [5, 5.41) is 0. The predicted molar refractivity (Wildman–Crippen MR) is 63.5 cm³/mol. The molecular formula is C10H7BF4O5S. The average molecular weight is 326 g/mol. The predicted octanol–water partition coefficient (Wildman–Crippen LogP) is 0.595. The van der Waals surface area contributed by atoms with Gasteiger partial charge in [-0.25, -0.2) is 9.18 Å². The van der Waals surface area contributed by atoms with Crippen molar-refractivity contribution in [2.75, 3.05) is 5.75 Å². The van der Waals surface area contributed by atoms with Crippen molar-refractivity contribution in [3.8, 4) is 0 Å². The summed E-state index contributed by atoms with van der Waals surface area (Å²) < 4.78 is 84.2. The third-order valence-corrected chi connectivity index (χ3v) is 2.91. The van der Waals surface area contributed by atoms with E-state index in [0.717, 1.165) is 18.2 Å². The Kier molecular flexibility index (Phi) is 5.00. The fourth-order valence-corrected chi connectivity index (χ4v) is 1.92. The standard InChI is InChI=1S/C10H7BF4O5S/c11-5-1-2-7(12)6(3-5)9(16)20-8(10(13,14)15)4-21(17,18)19/h1-3,8H,4H2,(H,17,18,19). The van der Waals surface area contributed by atoms with Gasteiger partial charge in [-0.15, -0.1) is 0 Å². The van der Waals surface area contributed by atoms with Crippen molar-refractivity contribution in [3.05, 3.63) is 29.6 Å². The zero-order chi connectivity index (χ0) is 16.4. The number of ether oxygens (including phenoxy) is 1. The van der Waals surface area contributed by atoms with Gasteiger partial charge in [0.25, 0.3) is 10.1 Å². The molecule has 0 aliphatic rings. The molecule has 1 atom stereocenters. The molecule has 0 aliphatic heterocycles. The normalized spacial score (nSPS) is 13.8. The Balaban J connectivity index is 3.03. The molecule has 0 aliphatic carbocycles. The van der Waals surface area contributed by atoms with Crippen LogP contribution >= 0.6 is 0 Å². The van der Waals surface area contributed by atoms with Gasteiger partial charge in [-0.05, 0) is 6.07 Å². The quantitative estimate of drug-likeness (QED) is 0.379. The minimum Gasteiger partial charge on any atom is -0.448 e. The Morgan fingerprint density at radius 2 is 1.95 bits per heavy atom. The number of halogens is 4.